The van der Waals surface area contributed by atoms with Gasteiger partial charge in [-0.15, -0.1) is 0 Å². The molecule has 0 aromatic rings. The molecule has 0 spiro atoms. The van der Waals surface area contributed by atoms with Crippen molar-refractivity contribution < 1.29 is 19.5 Å². The Morgan fingerprint density at radius 2 is 1.90 bits per heavy atom. The third-order valence-corrected chi connectivity index (χ3v) is 4.83. The van der Waals surface area contributed by atoms with Gasteiger partial charge in [0.1, 0.15) is 12.1 Å². The van der Waals surface area contributed by atoms with Crippen molar-refractivity contribution in [3.05, 3.63) is 0 Å². The van der Waals surface area contributed by atoms with Gasteiger partial charge < -0.3 is 20.2 Å². The fourth-order valence-corrected chi connectivity index (χ4v) is 3.63. The van der Waals surface area contributed by atoms with Crippen molar-refractivity contribution >= 4 is 29.7 Å². The molecule has 2 unspecified atom stereocenters. The van der Waals surface area contributed by atoms with E-state index < -0.39 is 24.1 Å². The predicted molar refractivity (Wildman–Crippen MR) is 79.3 cm³/mol. The quantitative estimate of drug-likeness (QED) is 0.777. The summed E-state index contributed by atoms with van der Waals surface area (Å²) < 4.78 is 0. The molecule has 2 rings (SSSR count). The van der Waals surface area contributed by atoms with E-state index in [-0.39, 0.29) is 5.91 Å². The van der Waals surface area contributed by atoms with E-state index in [1.54, 1.807) is 11.8 Å². The summed E-state index contributed by atoms with van der Waals surface area (Å²) in [5, 5.41) is 11.8. The molecule has 2 aliphatic heterocycles. The van der Waals surface area contributed by atoms with Crippen LogP contribution >= 0.6 is 11.8 Å². The zero-order valence-electron chi connectivity index (χ0n) is 12.1. The van der Waals surface area contributed by atoms with Crippen molar-refractivity contribution in [2.45, 2.75) is 31.8 Å². The molecule has 2 saturated heterocycles. The Kier molecular flexibility index (Phi) is 5.33. The Bertz CT molecular complexity index is 426. The smallest absolute Gasteiger partial charge is 0.327 e. The summed E-state index contributed by atoms with van der Waals surface area (Å²) in [5.74, 6) is -0.00181. The SMILES string of the molecule is CC(NC(=O)N1CCSCC1C(=O)O)C(=O)N1CCCC1. The van der Waals surface area contributed by atoms with Gasteiger partial charge in [-0.05, 0) is 19.8 Å². The summed E-state index contributed by atoms with van der Waals surface area (Å²) in [6.07, 6.45) is 1.99. The van der Waals surface area contributed by atoms with Crippen molar-refractivity contribution in [3.8, 4) is 0 Å². The Labute approximate surface area is 128 Å². The van der Waals surface area contributed by atoms with Gasteiger partial charge >= 0.3 is 12.0 Å². The van der Waals surface area contributed by atoms with Gasteiger partial charge in [0.15, 0.2) is 0 Å². The van der Waals surface area contributed by atoms with Gasteiger partial charge in [0.2, 0.25) is 5.91 Å². The average Bonchev–Trinajstić information content (AvgIpc) is 3.00. The first kappa shape index (κ1) is 15.9. The molecule has 3 amide bonds. The molecule has 0 aliphatic carbocycles. The van der Waals surface area contributed by atoms with Gasteiger partial charge in [-0.2, -0.15) is 11.8 Å². The molecule has 8 heteroatoms. The summed E-state index contributed by atoms with van der Waals surface area (Å²) in [6.45, 7) is 3.50. The van der Waals surface area contributed by atoms with E-state index in [0.29, 0.717) is 18.1 Å². The molecule has 2 heterocycles. The van der Waals surface area contributed by atoms with Crippen LogP contribution in [0.25, 0.3) is 0 Å². The van der Waals surface area contributed by atoms with Crippen LogP contribution in [0.5, 0.6) is 0 Å². The number of carboxylic acid groups (broad SMARTS) is 1. The van der Waals surface area contributed by atoms with Gasteiger partial charge in [-0.1, -0.05) is 0 Å². The number of nitrogens with one attached hydrogen (secondary N) is 1. The molecule has 7 nitrogen and oxygen atoms in total. The number of carboxylic acids is 1. The number of rotatable bonds is 3. The van der Waals surface area contributed by atoms with Gasteiger partial charge in [-0.3, -0.25) is 4.79 Å². The monoisotopic (exact) mass is 315 g/mol. The molecule has 21 heavy (non-hydrogen) atoms. The van der Waals surface area contributed by atoms with Crippen molar-refractivity contribution in [2.75, 3.05) is 31.1 Å². The molecule has 0 bridgehead atoms. The van der Waals surface area contributed by atoms with Gasteiger partial charge in [0.25, 0.3) is 0 Å². The van der Waals surface area contributed by atoms with E-state index in [1.165, 1.54) is 16.7 Å². The number of hydrogen-bond acceptors (Lipinski definition) is 4. The summed E-state index contributed by atoms with van der Waals surface area (Å²) >= 11 is 1.52. The topological polar surface area (TPSA) is 90.0 Å². The second kappa shape index (κ2) is 7.02. The highest BCUT2D eigenvalue weighted by Crippen LogP contribution is 2.17. The van der Waals surface area contributed by atoms with Crippen LogP contribution in [0.3, 0.4) is 0 Å². The second-order valence-electron chi connectivity index (χ2n) is 5.33. The molecule has 0 aromatic carbocycles. The fourth-order valence-electron chi connectivity index (χ4n) is 2.59. The molecular formula is C13H21N3O4S. The second-order valence-corrected chi connectivity index (χ2v) is 6.48. The average molecular weight is 315 g/mol. The highest BCUT2D eigenvalue weighted by molar-refractivity contribution is 7.99. The lowest BCUT2D eigenvalue weighted by atomic mass is 10.2. The Morgan fingerprint density at radius 1 is 1.24 bits per heavy atom. The van der Waals surface area contributed by atoms with Crippen LogP contribution in [-0.2, 0) is 9.59 Å². The lowest BCUT2D eigenvalue weighted by molar-refractivity contribution is -0.141. The highest BCUT2D eigenvalue weighted by atomic mass is 32.2. The normalized spacial score (nSPS) is 23.8. The van der Waals surface area contributed by atoms with Crippen molar-refractivity contribution in [1.29, 1.82) is 0 Å². The number of carbonyl (C=O) groups excluding carboxylic acids is 2. The van der Waals surface area contributed by atoms with Crippen LogP contribution < -0.4 is 5.32 Å². The Hall–Kier alpha value is -1.44. The van der Waals surface area contributed by atoms with Crippen LogP contribution in [0.1, 0.15) is 19.8 Å². The van der Waals surface area contributed by atoms with E-state index in [2.05, 4.69) is 5.32 Å². The molecule has 0 radical (unpaired) electrons. The van der Waals surface area contributed by atoms with Crippen LogP contribution in [-0.4, -0.2) is 76.0 Å². The number of aliphatic carboxylic acids is 1. The van der Waals surface area contributed by atoms with E-state index in [0.717, 1.165) is 25.9 Å². The zero-order valence-corrected chi connectivity index (χ0v) is 12.9. The molecule has 118 valence electrons. The molecule has 0 saturated carbocycles. The van der Waals surface area contributed by atoms with Gasteiger partial charge in [0.05, 0.1) is 0 Å². The predicted octanol–water partition coefficient (Wildman–Crippen LogP) is 0.209. The largest absolute Gasteiger partial charge is 0.480 e. The maximum atomic E-state index is 12.2. The summed E-state index contributed by atoms with van der Waals surface area (Å²) in [5.41, 5.74) is 0. The number of likely N-dealkylation sites (tertiary alicyclic amines) is 1. The maximum absolute atomic E-state index is 12.2. The number of urea groups is 1. The highest BCUT2D eigenvalue weighted by Gasteiger charge is 2.34. The number of hydrogen-bond donors (Lipinski definition) is 2. The lowest BCUT2D eigenvalue weighted by Gasteiger charge is -2.33. The summed E-state index contributed by atoms with van der Waals surface area (Å²) in [7, 11) is 0. The lowest BCUT2D eigenvalue weighted by Crippen LogP contribution is -2.57. The van der Waals surface area contributed by atoms with Crippen molar-refractivity contribution in [1.82, 2.24) is 15.1 Å². The summed E-state index contributed by atoms with van der Waals surface area (Å²) in [4.78, 5) is 38.6. The van der Waals surface area contributed by atoms with E-state index in [1.807, 2.05) is 0 Å². The first-order chi connectivity index (χ1) is 10.0. The number of thioether (sulfide) groups is 1. The number of amides is 3. The first-order valence-electron chi connectivity index (χ1n) is 7.17. The first-order valence-corrected chi connectivity index (χ1v) is 8.32. The van der Waals surface area contributed by atoms with Crippen LogP contribution in [0.15, 0.2) is 0 Å². The third kappa shape index (κ3) is 3.81. The van der Waals surface area contributed by atoms with Crippen molar-refractivity contribution in [3.63, 3.8) is 0 Å². The van der Waals surface area contributed by atoms with Crippen LogP contribution in [0.4, 0.5) is 4.79 Å². The molecule has 2 atom stereocenters. The Balaban J connectivity index is 1.92. The van der Waals surface area contributed by atoms with E-state index in [4.69, 9.17) is 5.11 Å². The van der Waals surface area contributed by atoms with Crippen LogP contribution in [0.2, 0.25) is 0 Å². The van der Waals surface area contributed by atoms with Crippen molar-refractivity contribution in [2.24, 2.45) is 0 Å². The summed E-state index contributed by atoms with van der Waals surface area (Å²) in [6, 6.07) is -1.92. The minimum atomic E-state index is -1.00. The van der Waals surface area contributed by atoms with Gasteiger partial charge in [-0.25, -0.2) is 9.59 Å². The number of carbonyl (C=O) groups is 3. The third-order valence-electron chi connectivity index (χ3n) is 3.80. The standard InChI is InChI=1S/C13H21N3O4S/c1-9(11(17)15-4-2-3-5-15)14-13(20)16-6-7-21-8-10(16)12(18)19/h9-10H,2-8H2,1H3,(H,14,20)(H,18,19). The zero-order chi connectivity index (χ0) is 15.4. The fraction of sp³-hybridized carbons (Fsp3) is 0.769. The minimum Gasteiger partial charge on any atom is -0.480 e. The number of nitrogens with zero attached hydrogens (tertiary/aromatic N) is 2. The van der Waals surface area contributed by atoms with E-state index >= 15 is 0 Å². The molecule has 0 aromatic heterocycles. The van der Waals surface area contributed by atoms with E-state index in [9.17, 15) is 14.4 Å². The molecule has 2 aliphatic rings. The van der Waals surface area contributed by atoms with Crippen LogP contribution in [0, 0.1) is 0 Å². The maximum Gasteiger partial charge on any atom is 0.327 e. The minimum absolute atomic E-state index is 0.0980. The molecule has 2 fully saturated rings. The Morgan fingerprint density at radius 3 is 2.52 bits per heavy atom. The molecular weight excluding hydrogens is 294 g/mol. The van der Waals surface area contributed by atoms with Gasteiger partial charge in [0, 0.05) is 31.1 Å². The molecule has 2 N–H and O–H groups in total.